The summed E-state index contributed by atoms with van der Waals surface area (Å²) in [5.41, 5.74) is 2.22. The maximum absolute atomic E-state index is 13.7. The minimum Gasteiger partial charge on any atom is -0.495 e. The Bertz CT molecular complexity index is 1420. The van der Waals surface area contributed by atoms with Gasteiger partial charge in [0.2, 0.25) is 5.95 Å². The molecule has 0 saturated carbocycles. The molecule has 1 aromatic carbocycles. The number of fused-ring (bicyclic) bond motifs is 2. The number of aliphatic hydroxyl groups is 1. The molecule has 3 amide bonds. The number of anilines is 4. The van der Waals surface area contributed by atoms with Gasteiger partial charge in [-0.05, 0) is 33.3 Å². The highest BCUT2D eigenvalue weighted by molar-refractivity contribution is 5.95. The molecule has 1 atom stereocenters. The van der Waals surface area contributed by atoms with E-state index in [1.807, 2.05) is 32.9 Å². The summed E-state index contributed by atoms with van der Waals surface area (Å²) >= 11 is 0. The topological polar surface area (TPSA) is 138 Å². The van der Waals surface area contributed by atoms with E-state index in [4.69, 9.17) is 14.6 Å². The molecule has 212 valence electrons. The number of aliphatic hydroxyl groups excluding tert-OH is 1. The molecule has 0 radical (unpaired) electrons. The lowest BCUT2D eigenvalue weighted by Crippen LogP contribution is -2.50. The number of benzene rings is 1. The molecule has 2 aliphatic rings. The van der Waals surface area contributed by atoms with E-state index in [1.165, 1.54) is 4.90 Å². The third-order valence-corrected chi connectivity index (χ3v) is 6.75. The highest BCUT2D eigenvalue weighted by atomic mass is 16.6. The molecule has 3 aromatic rings. The van der Waals surface area contributed by atoms with Gasteiger partial charge < -0.3 is 24.8 Å². The lowest BCUT2D eigenvalue weighted by atomic mass is 9.93. The van der Waals surface area contributed by atoms with Gasteiger partial charge in [0, 0.05) is 37.1 Å². The van der Waals surface area contributed by atoms with Crippen LogP contribution in [0.15, 0.2) is 36.8 Å². The van der Waals surface area contributed by atoms with Crippen LogP contribution in [0.2, 0.25) is 0 Å². The fourth-order valence-electron chi connectivity index (χ4n) is 5.02. The average molecular weight is 551 g/mol. The minimum atomic E-state index is -0.654. The molecular weight excluding hydrogens is 516 g/mol. The third kappa shape index (κ3) is 5.24. The molecule has 0 aliphatic carbocycles. The van der Waals surface area contributed by atoms with Gasteiger partial charge >= 0.3 is 12.1 Å². The zero-order valence-corrected chi connectivity index (χ0v) is 23.3. The summed E-state index contributed by atoms with van der Waals surface area (Å²) in [6, 6.07) is 5.06. The van der Waals surface area contributed by atoms with Crippen LogP contribution in [0, 0.1) is 0 Å². The number of amides is 3. The molecule has 0 bridgehead atoms. The van der Waals surface area contributed by atoms with Gasteiger partial charge in [0.15, 0.2) is 0 Å². The molecule has 2 N–H and O–H groups in total. The Labute approximate surface area is 232 Å². The molecule has 0 saturated heterocycles. The summed E-state index contributed by atoms with van der Waals surface area (Å²) < 4.78 is 12.9. The average Bonchev–Trinajstić information content (AvgIpc) is 3.36. The zero-order chi connectivity index (χ0) is 28.6. The van der Waals surface area contributed by atoms with Crippen LogP contribution in [-0.4, -0.2) is 74.8 Å². The van der Waals surface area contributed by atoms with Crippen LogP contribution in [0.3, 0.4) is 0 Å². The van der Waals surface area contributed by atoms with Crippen molar-refractivity contribution in [3.8, 4) is 5.75 Å². The number of nitrogens with one attached hydrogen (secondary N) is 1. The van der Waals surface area contributed by atoms with Crippen LogP contribution in [0.1, 0.15) is 44.4 Å². The van der Waals surface area contributed by atoms with Gasteiger partial charge in [-0.2, -0.15) is 10.1 Å². The van der Waals surface area contributed by atoms with Crippen molar-refractivity contribution in [3.05, 3.63) is 47.9 Å². The third-order valence-electron chi connectivity index (χ3n) is 6.75. The molecule has 13 nitrogen and oxygen atoms in total. The van der Waals surface area contributed by atoms with E-state index in [-0.39, 0.29) is 18.7 Å². The van der Waals surface area contributed by atoms with Crippen molar-refractivity contribution in [1.29, 1.82) is 0 Å². The Hall–Kier alpha value is -4.39. The Balaban J connectivity index is 1.42. The number of rotatable bonds is 6. The highest BCUT2D eigenvalue weighted by Gasteiger charge is 2.41. The molecule has 13 heteroatoms. The van der Waals surface area contributed by atoms with E-state index < -0.39 is 11.7 Å². The summed E-state index contributed by atoms with van der Waals surface area (Å²) in [6.45, 7) is 6.51. The number of nitrogens with zero attached hydrogens (tertiary/aromatic N) is 7. The van der Waals surface area contributed by atoms with E-state index in [0.717, 1.165) is 11.1 Å². The number of para-hydroxylation sites is 1. The number of ether oxygens (including phenoxy) is 2. The van der Waals surface area contributed by atoms with Gasteiger partial charge in [0.05, 0.1) is 50.4 Å². The van der Waals surface area contributed by atoms with Crippen LogP contribution in [0.5, 0.6) is 5.75 Å². The first-order valence-electron chi connectivity index (χ1n) is 13.1. The first-order valence-corrected chi connectivity index (χ1v) is 13.1. The molecule has 5 rings (SSSR count). The van der Waals surface area contributed by atoms with Crippen LogP contribution < -0.4 is 19.9 Å². The smallest absolute Gasteiger partial charge is 0.414 e. The summed E-state index contributed by atoms with van der Waals surface area (Å²) in [5.74, 6) is 1.38. The molecule has 0 fully saturated rings. The van der Waals surface area contributed by atoms with Gasteiger partial charge in [-0.25, -0.2) is 14.6 Å². The molecule has 2 aliphatic heterocycles. The fourth-order valence-corrected chi connectivity index (χ4v) is 5.02. The number of hydrogen-bond donors (Lipinski definition) is 2. The second kappa shape index (κ2) is 10.6. The van der Waals surface area contributed by atoms with Gasteiger partial charge in [-0.15, -0.1) is 0 Å². The molecule has 0 spiro atoms. The Morgan fingerprint density at radius 1 is 1.25 bits per heavy atom. The lowest BCUT2D eigenvalue weighted by Gasteiger charge is -2.43. The SMILES string of the molecule is COc1cccc2c1N(C(=O)OC(C)(C)C)CC[C@H]2N1Cc2cnc(Nc3cnn(CCO)c3)nc2N(C)C1=O. The van der Waals surface area contributed by atoms with Crippen molar-refractivity contribution in [3.63, 3.8) is 0 Å². The van der Waals surface area contributed by atoms with Crippen LogP contribution in [-0.2, 0) is 17.8 Å². The predicted molar refractivity (Wildman–Crippen MR) is 148 cm³/mol. The van der Waals surface area contributed by atoms with Crippen molar-refractivity contribution >= 4 is 35.3 Å². The Kier molecular flexibility index (Phi) is 7.23. The molecule has 2 aromatic heterocycles. The summed E-state index contributed by atoms with van der Waals surface area (Å²) in [6.07, 6.45) is 5.13. The second-order valence-electron chi connectivity index (χ2n) is 10.7. The van der Waals surface area contributed by atoms with Crippen molar-refractivity contribution in [1.82, 2.24) is 24.6 Å². The number of carbonyl (C=O) groups is 2. The number of aromatic nitrogens is 4. The van der Waals surface area contributed by atoms with Crippen LogP contribution in [0.4, 0.5) is 32.7 Å². The standard InChI is InChI=1S/C27H34N8O5/c1-27(2,3)40-26(38)34-10-9-20(19-7-6-8-21(39-5)22(19)34)35-15-17-13-28-24(31-23(17)32(4)25(35)37)30-18-14-29-33(16-18)11-12-36/h6-8,13-14,16,20,36H,9-12,15H2,1-5H3,(H,28,30,31)/t20-/m1/s1. The van der Waals surface area contributed by atoms with Crippen LogP contribution >= 0.6 is 0 Å². The minimum absolute atomic E-state index is 0.0167. The molecule has 40 heavy (non-hydrogen) atoms. The van der Waals surface area contributed by atoms with Gasteiger partial charge in [-0.3, -0.25) is 14.5 Å². The summed E-state index contributed by atoms with van der Waals surface area (Å²) in [7, 11) is 3.24. The number of urea groups is 1. The van der Waals surface area contributed by atoms with Crippen molar-refractivity contribution in [2.75, 3.05) is 42.4 Å². The number of methoxy groups -OCH3 is 1. The maximum atomic E-state index is 13.7. The van der Waals surface area contributed by atoms with Crippen molar-refractivity contribution < 1.29 is 24.2 Å². The van der Waals surface area contributed by atoms with E-state index in [2.05, 4.69) is 20.4 Å². The monoisotopic (exact) mass is 550 g/mol. The van der Waals surface area contributed by atoms with Crippen molar-refractivity contribution in [2.45, 2.75) is 51.9 Å². The van der Waals surface area contributed by atoms with Gasteiger partial charge in [0.1, 0.15) is 17.2 Å². The summed E-state index contributed by atoms with van der Waals surface area (Å²) in [5, 5.41) is 16.4. The Morgan fingerprint density at radius 3 is 2.77 bits per heavy atom. The van der Waals surface area contributed by atoms with Crippen LogP contribution in [0.25, 0.3) is 0 Å². The Morgan fingerprint density at radius 2 is 2.05 bits per heavy atom. The van der Waals surface area contributed by atoms with Gasteiger partial charge in [-0.1, -0.05) is 12.1 Å². The molecular formula is C27H34N8O5. The second-order valence-corrected chi connectivity index (χ2v) is 10.7. The largest absolute Gasteiger partial charge is 0.495 e. The molecule has 0 unspecified atom stereocenters. The lowest BCUT2D eigenvalue weighted by molar-refractivity contribution is 0.0571. The molecule has 4 heterocycles. The number of hydrogen-bond acceptors (Lipinski definition) is 9. The first kappa shape index (κ1) is 27.2. The van der Waals surface area contributed by atoms with Crippen molar-refractivity contribution in [2.24, 2.45) is 0 Å². The predicted octanol–water partition coefficient (Wildman–Crippen LogP) is 3.68. The van der Waals surface area contributed by atoms with E-state index in [9.17, 15) is 9.59 Å². The van der Waals surface area contributed by atoms with E-state index >= 15 is 0 Å². The summed E-state index contributed by atoms with van der Waals surface area (Å²) in [4.78, 5) is 40.8. The quantitative estimate of drug-likeness (QED) is 0.471. The highest BCUT2D eigenvalue weighted by Crippen LogP contribution is 2.45. The normalized spacial score (nSPS) is 16.9. The number of carbonyl (C=O) groups excluding carboxylic acids is 2. The van der Waals surface area contributed by atoms with E-state index in [1.54, 1.807) is 53.3 Å². The van der Waals surface area contributed by atoms with Gasteiger partial charge in [0.25, 0.3) is 0 Å². The fraction of sp³-hybridized carbons (Fsp3) is 0.444. The first-order chi connectivity index (χ1) is 19.1. The maximum Gasteiger partial charge on any atom is 0.414 e. The zero-order valence-electron chi connectivity index (χ0n) is 23.3. The van der Waals surface area contributed by atoms with E-state index in [0.29, 0.717) is 54.9 Å².